The number of unbranched alkanes of at least 4 members (excludes halogenated alkanes) is 2. The van der Waals surface area contributed by atoms with Crippen LogP contribution in [0.3, 0.4) is 0 Å². The zero-order valence-electron chi connectivity index (χ0n) is 17.2. The largest absolute Gasteiger partial charge is 0.481 e. The maximum Gasteiger partial charge on any atom is 0.303 e. The van der Waals surface area contributed by atoms with Crippen LogP contribution in [0.4, 0.5) is 0 Å². The van der Waals surface area contributed by atoms with E-state index < -0.39 is 5.97 Å². The second kappa shape index (κ2) is 12.9. The number of carboxylic acids is 1. The molecule has 5 N–H and O–H groups in total. The number of carbonyl (C=O) groups excluding carboxylic acids is 1. The predicted octanol–water partition coefficient (Wildman–Crippen LogP) is 2.02. The third kappa shape index (κ3) is 9.09. The topological polar surface area (TPSA) is 117 Å². The summed E-state index contributed by atoms with van der Waals surface area (Å²) in [5.41, 5.74) is 11.7. The van der Waals surface area contributed by atoms with Gasteiger partial charge in [0.1, 0.15) is 0 Å². The van der Waals surface area contributed by atoms with Crippen molar-refractivity contribution in [3.05, 3.63) is 34.9 Å². The first kappa shape index (κ1) is 22.9. The van der Waals surface area contributed by atoms with Gasteiger partial charge in [0, 0.05) is 31.6 Å². The van der Waals surface area contributed by atoms with E-state index in [1.807, 2.05) is 24.4 Å². The molecular weight excluding hydrogens is 368 g/mol. The lowest BCUT2D eigenvalue weighted by molar-refractivity contribution is -0.137. The molecule has 7 nitrogen and oxygen atoms in total. The molecule has 0 radical (unpaired) electrons. The van der Waals surface area contributed by atoms with E-state index in [0.29, 0.717) is 31.8 Å². The highest BCUT2D eigenvalue weighted by Gasteiger charge is 2.11. The lowest BCUT2D eigenvalue weighted by Gasteiger charge is -2.13. The molecule has 1 aliphatic heterocycles. The summed E-state index contributed by atoms with van der Waals surface area (Å²) >= 11 is 0. The monoisotopic (exact) mass is 402 g/mol. The number of carboxylic acid groups (broad SMARTS) is 1. The fourth-order valence-corrected chi connectivity index (χ4v) is 3.51. The molecule has 0 bridgehead atoms. The Morgan fingerprint density at radius 1 is 1.17 bits per heavy atom. The van der Waals surface area contributed by atoms with Gasteiger partial charge in [0.15, 0.2) is 0 Å². The minimum Gasteiger partial charge on any atom is -0.481 e. The van der Waals surface area contributed by atoms with Crippen LogP contribution in [0.15, 0.2) is 23.3 Å². The summed E-state index contributed by atoms with van der Waals surface area (Å²) < 4.78 is 0. The van der Waals surface area contributed by atoms with Gasteiger partial charge in [-0.15, -0.1) is 0 Å². The fourth-order valence-electron chi connectivity index (χ4n) is 3.51. The third-order valence-corrected chi connectivity index (χ3v) is 5.20. The molecule has 0 saturated carbocycles. The molecule has 1 amide bonds. The molecule has 1 heterocycles. The quantitative estimate of drug-likeness (QED) is 0.355. The maximum atomic E-state index is 12.4. The average Bonchev–Trinajstić information content (AvgIpc) is 3.21. The zero-order chi connectivity index (χ0) is 20.9. The SMILES string of the molecule is NCCCCc1ccc(CCC(=O)O)cc1CC(=O)NCCCCC1C=NNC1. The van der Waals surface area contributed by atoms with E-state index >= 15 is 0 Å². The minimum absolute atomic E-state index is 0.0181. The third-order valence-electron chi connectivity index (χ3n) is 5.20. The number of hydrogen-bond donors (Lipinski definition) is 4. The zero-order valence-corrected chi connectivity index (χ0v) is 17.2. The minimum atomic E-state index is -0.809. The Labute approximate surface area is 173 Å². The maximum absolute atomic E-state index is 12.4. The van der Waals surface area contributed by atoms with Gasteiger partial charge >= 0.3 is 5.97 Å². The second-order valence-electron chi connectivity index (χ2n) is 7.67. The van der Waals surface area contributed by atoms with Crippen LogP contribution in [0.5, 0.6) is 0 Å². The Bertz CT molecular complexity index is 691. The Morgan fingerprint density at radius 2 is 2.03 bits per heavy atom. The van der Waals surface area contributed by atoms with Crippen LogP contribution >= 0.6 is 0 Å². The average molecular weight is 403 g/mol. The number of carbonyl (C=O) groups is 2. The normalized spacial score (nSPS) is 15.3. The smallest absolute Gasteiger partial charge is 0.303 e. The summed E-state index contributed by atoms with van der Waals surface area (Å²) in [5, 5.41) is 15.9. The number of rotatable bonds is 14. The van der Waals surface area contributed by atoms with Crippen LogP contribution < -0.4 is 16.5 Å². The first-order chi connectivity index (χ1) is 14.1. The molecule has 1 aromatic rings. The summed E-state index contributed by atoms with van der Waals surface area (Å²) in [7, 11) is 0. The second-order valence-corrected chi connectivity index (χ2v) is 7.67. The van der Waals surface area contributed by atoms with Crippen molar-refractivity contribution in [1.29, 1.82) is 0 Å². The number of hydrogen-bond acceptors (Lipinski definition) is 5. The van der Waals surface area contributed by atoms with Crippen LogP contribution in [-0.2, 0) is 28.9 Å². The van der Waals surface area contributed by atoms with E-state index in [1.165, 1.54) is 0 Å². The first-order valence-electron chi connectivity index (χ1n) is 10.6. The van der Waals surface area contributed by atoms with Gasteiger partial charge in [0.25, 0.3) is 0 Å². The summed E-state index contributed by atoms with van der Waals surface area (Å²) in [6, 6.07) is 6.00. The molecule has 0 aromatic heterocycles. The first-order valence-corrected chi connectivity index (χ1v) is 10.6. The van der Waals surface area contributed by atoms with Gasteiger partial charge in [0.2, 0.25) is 5.91 Å². The van der Waals surface area contributed by atoms with Gasteiger partial charge in [-0.2, -0.15) is 5.10 Å². The molecule has 1 aliphatic rings. The molecule has 29 heavy (non-hydrogen) atoms. The van der Waals surface area contributed by atoms with Crippen LogP contribution in [0, 0.1) is 5.92 Å². The highest BCUT2D eigenvalue weighted by atomic mass is 16.4. The Kier molecular flexibility index (Phi) is 10.2. The van der Waals surface area contributed by atoms with Crippen molar-refractivity contribution in [2.75, 3.05) is 19.6 Å². The highest BCUT2D eigenvalue weighted by molar-refractivity contribution is 5.79. The molecule has 0 saturated heterocycles. The van der Waals surface area contributed by atoms with Crippen molar-refractivity contribution < 1.29 is 14.7 Å². The number of benzene rings is 1. The van der Waals surface area contributed by atoms with Crippen molar-refractivity contribution in [2.45, 2.75) is 57.8 Å². The number of hydrazone groups is 1. The molecule has 160 valence electrons. The molecule has 0 fully saturated rings. The fraction of sp³-hybridized carbons (Fsp3) is 0.591. The van der Waals surface area contributed by atoms with Crippen molar-refractivity contribution in [3.8, 4) is 0 Å². The summed E-state index contributed by atoms with van der Waals surface area (Å²) in [6.07, 6.45) is 8.80. The van der Waals surface area contributed by atoms with Crippen LogP contribution in [-0.4, -0.2) is 42.8 Å². The van der Waals surface area contributed by atoms with Crippen LogP contribution in [0.2, 0.25) is 0 Å². The molecule has 7 heteroatoms. The lowest BCUT2D eigenvalue weighted by Crippen LogP contribution is -2.26. The Balaban J connectivity index is 1.83. The molecule has 2 rings (SSSR count). The Morgan fingerprint density at radius 3 is 2.76 bits per heavy atom. The molecular formula is C22H34N4O3. The number of nitrogens with one attached hydrogen (secondary N) is 2. The van der Waals surface area contributed by atoms with Gasteiger partial charge in [0.05, 0.1) is 6.42 Å². The predicted molar refractivity (Wildman–Crippen MR) is 115 cm³/mol. The molecule has 1 aromatic carbocycles. The summed E-state index contributed by atoms with van der Waals surface area (Å²) in [4.78, 5) is 23.3. The van der Waals surface area contributed by atoms with Gasteiger partial charge in [-0.3, -0.25) is 9.59 Å². The van der Waals surface area contributed by atoms with E-state index in [9.17, 15) is 9.59 Å². The molecule has 1 unspecified atom stereocenters. The molecule has 1 atom stereocenters. The number of nitrogens with zero attached hydrogens (tertiary/aromatic N) is 1. The van der Waals surface area contributed by atoms with E-state index in [-0.39, 0.29) is 12.3 Å². The van der Waals surface area contributed by atoms with E-state index in [1.54, 1.807) is 0 Å². The van der Waals surface area contributed by atoms with Crippen molar-refractivity contribution in [3.63, 3.8) is 0 Å². The lowest BCUT2D eigenvalue weighted by atomic mass is 9.95. The summed E-state index contributed by atoms with van der Waals surface area (Å²) in [5.74, 6) is -0.282. The van der Waals surface area contributed by atoms with Gasteiger partial charge in [-0.1, -0.05) is 24.6 Å². The number of aryl methyl sites for hydroxylation is 2. The number of aliphatic carboxylic acids is 1. The van der Waals surface area contributed by atoms with Crippen molar-refractivity contribution >= 4 is 18.1 Å². The van der Waals surface area contributed by atoms with Gasteiger partial charge in [-0.25, -0.2) is 0 Å². The van der Waals surface area contributed by atoms with Gasteiger partial charge < -0.3 is 21.6 Å². The van der Waals surface area contributed by atoms with Crippen LogP contribution in [0.1, 0.15) is 55.2 Å². The van der Waals surface area contributed by atoms with Crippen molar-refractivity contribution in [1.82, 2.24) is 10.7 Å². The molecule has 0 spiro atoms. The van der Waals surface area contributed by atoms with Crippen LogP contribution in [0.25, 0.3) is 0 Å². The number of nitrogens with two attached hydrogens (primary N) is 1. The van der Waals surface area contributed by atoms with Crippen molar-refractivity contribution in [2.24, 2.45) is 16.8 Å². The standard InChI is InChI=1S/C22H34N4O3/c23-11-3-1-6-19-9-7-17(8-10-22(28)29)13-20(19)14-21(27)24-12-4-2-5-18-15-25-26-16-18/h7,9,13,15,18,26H,1-6,8,10-12,14,16,23H2,(H,24,27)(H,28,29). The summed E-state index contributed by atoms with van der Waals surface area (Å²) in [6.45, 7) is 2.25. The van der Waals surface area contributed by atoms with E-state index in [0.717, 1.165) is 61.8 Å². The molecule has 0 aliphatic carbocycles. The number of amides is 1. The Hall–Kier alpha value is -2.41. The van der Waals surface area contributed by atoms with E-state index in [2.05, 4.69) is 15.8 Å². The van der Waals surface area contributed by atoms with E-state index in [4.69, 9.17) is 10.8 Å². The highest BCUT2D eigenvalue weighted by Crippen LogP contribution is 2.17. The van der Waals surface area contributed by atoms with Gasteiger partial charge in [-0.05, 0) is 61.8 Å².